The van der Waals surface area contributed by atoms with Crippen LogP contribution in [0.4, 0.5) is 8.78 Å². The first-order chi connectivity index (χ1) is 20.2. The van der Waals surface area contributed by atoms with Crippen molar-refractivity contribution in [1.29, 1.82) is 0 Å². The van der Waals surface area contributed by atoms with Gasteiger partial charge in [-0.2, -0.15) is 0 Å². The first-order valence-electron chi connectivity index (χ1n) is 14.9. The predicted octanol–water partition coefficient (Wildman–Crippen LogP) is 6.41. The fourth-order valence-electron chi connectivity index (χ4n) is 7.44. The normalized spacial score (nSPS) is 32.1. The van der Waals surface area contributed by atoms with Gasteiger partial charge >= 0.3 is 0 Å². The Labute approximate surface area is 254 Å². The van der Waals surface area contributed by atoms with Crippen LogP contribution >= 0.6 is 23.2 Å². The van der Waals surface area contributed by atoms with E-state index in [9.17, 15) is 18.7 Å². The van der Waals surface area contributed by atoms with Gasteiger partial charge in [0.25, 0.3) is 5.91 Å². The van der Waals surface area contributed by atoms with Crippen LogP contribution < -0.4 is 15.5 Å². The smallest absolute Gasteiger partial charge is 0.258 e. The average molecular weight is 625 g/mol. The van der Waals surface area contributed by atoms with Crippen molar-refractivity contribution < 1.29 is 28.2 Å². The first kappa shape index (κ1) is 30.0. The highest BCUT2D eigenvalue weighted by atomic mass is 35.5. The molecule has 1 heterocycles. The number of carbonyl (C=O) groups is 1. The number of benzene rings is 2. The van der Waals surface area contributed by atoms with Crippen molar-refractivity contribution >= 4 is 29.1 Å². The lowest BCUT2D eigenvalue weighted by Crippen LogP contribution is -2.67. The molecule has 5 aliphatic rings. The molecule has 0 radical (unpaired) electrons. The molecule has 228 valence electrons. The van der Waals surface area contributed by atoms with Gasteiger partial charge in [-0.05, 0) is 74.8 Å². The number of amides is 1. The van der Waals surface area contributed by atoms with E-state index in [1.165, 1.54) is 31.0 Å². The first-order valence-corrected chi connectivity index (χ1v) is 15.7. The van der Waals surface area contributed by atoms with Crippen molar-refractivity contribution in [3.8, 4) is 5.75 Å². The minimum absolute atomic E-state index is 0.0155. The molecule has 2 aromatic carbocycles. The number of carbonyl (C=O) groups excluding carboxylic acids is 1. The molecular formula is C31H37Cl2F2N3O4. The van der Waals surface area contributed by atoms with Gasteiger partial charge in [0.05, 0.1) is 16.1 Å². The number of hydrazine groups is 1. The van der Waals surface area contributed by atoms with Crippen LogP contribution in [0.2, 0.25) is 10.0 Å². The van der Waals surface area contributed by atoms with E-state index in [4.69, 9.17) is 32.7 Å². The monoisotopic (exact) mass is 623 g/mol. The SMILES string of the molecule is O=C(COc1ccc(Cl)c(F)c1)NC12CCC(C3OC(c4ccc(Cl)c(F)c4)NN3C3CCCCCC3)(CC1)[C@H](O)C2. The van der Waals surface area contributed by atoms with E-state index in [1.807, 2.05) is 0 Å². The summed E-state index contributed by atoms with van der Waals surface area (Å²) >= 11 is 11.7. The molecule has 3 N–H and O–H groups in total. The highest BCUT2D eigenvalue weighted by Gasteiger charge is 2.62. The summed E-state index contributed by atoms with van der Waals surface area (Å²) < 4.78 is 40.3. The molecule has 4 saturated carbocycles. The van der Waals surface area contributed by atoms with Gasteiger partial charge < -0.3 is 19.9 Å². The maximum atomic E-state index is 14.4. The summed E-state index contributed by atoms with van der Waals surface area (Å²) in [5.41, 5.74) is 3.11. The molecule has 42 heavy (non-hydrogen) atoms. The van der Waals surface area contributed by atoms with Crippen LogP contribution in [0.15, 0.2) is 36.4 Å². The Kier molecular flexibility index (Phi) is 8.71. The Balaban J connectivity index is 1.17. The van der Waals surface area contributed by atoms with Crippen molar-refractivity contribution in [2.24, 2.45) is 5.41 Å². The second kappa shape index (κ2) is 12.2. The van der Waals surface area contributed by atoms with E-state index >= 15 is 0 Å². The molecule has 2 aromatic rings. The van der Waals surface area contributed by atoms with Crippen molar-refractivity contribution in [1.82, 2.24) is 15.8 Å². The number of fused-ring (bicyclic) bond motifs is 3. The fourth-order valence-corrected chi connectivity index (χ4v) is 7.68. The highest BCUT2D eigenvalue weighted by Crippen LogP contribution is 2.57. The minimum Gasteiger partial charge on any atom is -0.484 e. The molecule has 0 aromatic heterocycles. The third-order valence-electron chi connectivity index (χ3n) is 9.79. The molecule has 5 fully saturated rings. The van der Waals surface area contributed by atoms with Gasteiger partial charge in [0.2, 0.25) is 0 Å². The summed E-state index contributed by atoms with van der Waals surface area (Å²) in [6.07, 6.45) is 8.12. The summed E-state index contributed by atoms with van der Waals surface area (Å²) in [6.45, 7) is -0.269. The quantitative estimate of drug-likeness (QED) is 0.309. The average Bonchev–Trinajstić information content (AvgIpc) is 3.24. The second-order valence-electron chi connectivity index (χ2n) is 12.4. The van der Waals surface area contributed by atoms with Crippen LogP contribution in [-0.4, -0.2) is 46.5 Å². The molecular weight excluding hydrogens is 587 g/mol. The Morgan fingerprint density at radius 1 is 1.02 bits per heavy atom. The maximum Gasteiger partial charge on any atom is 0.258 e. The number of hydrogen-bond acceptors (Lipinski definition) is 6. The molecule has 11 heteroatoms. The highest BCUT2D eigenvalue weighted by molar-refractivity contribution is 6.31. The summed E-state index contributed by atoms with van der Waals surface area (Å²) in [6, 6.07) is 9.00. The minimum atomic E-state index is -0.715. The van der Waals surface area contributed by atoms with E-state index in [0.717, 1.165) is 31.7 Å². The third-order valence-corrected chi connectivity index (χ3v) is 10.4. The van der Waals surface area contributed by atoms with Crippen LogP contribution in [0.5, 0.6) is 5.75 Å². The molecule has 1 aliphatic heterocycles. The maximum absolute atomic E-state index is 14.4. The largest absolute Gasteiger partial charge is 0.484 e. The number of halogens is 4. The lowest BCUT2D eigenvalue weighted by Gasteiger charge is -2.59. The summed E-state index contributed by atoms with van der Waals surface area (Å²) in [4.78, 5) is 12.9. The molecule has 0 spiro atoms. The molecule has 3 atom stereocenters. The van der Waals surface area contributed by atoms with Gasteiger partial charge in [-0.15, -0.1) is 0 Å². The van der Waals surface area contributed by atoms with E-state index in [0.29, 0.717) is 37.7 Å². The molecule has 2 unspecified atom stereocenters. The second-order valence-corrected chi connectivity index (χ2v) is 13.2. The number of nitrogens with zero attached hydrogens (tertiary/aromatic N) is 1. The lowest BCUT2D eigenvalue weighted by molar-refractivity contribution is -0.202. The predicted molar refractivity (Wildman–Crippen MR) is 155 cm³/mol. The van der Waals surface area contributed by atoms with Crippen LogP contribution in [0, 0.1) is 17.0 Å². The van der Waals surface area contributed by atoms with Gasteiger partial charge in [-0.3, -0.25) is 4.79 Å². The van der Waals surface area contributed by atoms with E-state index in [2.05, 4.69) is 15.8 Å². The van der Waals surface area contributed by atoms with Crippen LogP contribution in [0.25, 0.3) is 0 Å². The zero-order valence-electron chi connectivity index (χ0n) is 23.4. The molecule has 1 amide bonds. The number of aliphatic hydroxyl groups is 1. The van der Waals surface area contributed by atoms with Crippen LogP contribution in [0.3, 0.4) is 0 Å². The van der Waals surface area contributed by atoms with E-state index < -0.39 is 41.1 Å². The van der Waals surface area contributed by atoms with Gasteiger partial charge in [0, 0.05) is 23.1 Å². The topological polar surface area (TPSA) is 83.1 Å². The van der Waals surface area contributed by atoms with Gasteiger partial charge in [0.1, 0.15) is 29.8 Å². The number of aliphatic hydroxyl groups excluding tert-OH is 1. The lowest BCUT2D eigenvalue weighted by atomic mass is 9.54. The number of rotatable bonds is 7. The van der Waals surface area contributed by atoms with Crippen LogP contribution in [0.1, 0.15) is 82.4 Å². The van der Waals surface area contributed by atoms with Crippen LogP contribution in [-0.2, 0) is 9.53 Å². The molecule has 4 aliphatic carbocycles. The van der Waals surface area contributed by atoms with Crippen molar-refractivity contribution in [3.05, 3.63) is 63.6 Å². The zero-order chi connectivity index (χ0) is 29.5. The van der Waals surface area contributed by atoms with Gasteiger partial charge in [0.15, 0.2) is 6.61 Å². The Hall–Kier alpha value is -2.01. The molecule has 1 saturated heterocycles. The number of ether oxygens (including phenoxy) is 2. The van der Waals surface area contributed by atoms with Gasteiger partial charge in [-0.25, -0.2) is 19.2 Å². The summed E-state index contributed by atoms with van der Waals surface area (Å²) in [7, 11) is 0. The van der Waals surface area contributed by atoms with Crippen molar-refractivity contribution in [3.63, 3.8) is 0 Å². The van der Waals surface area contributed by atoms with Gasteiger partial charge in [-0.1, -0.05) is 55.0 Å². The third kappa shape index (κ3) is 5.88. The standard InChI is InChI=1S/C31H37Cl2F2N3O4/c32-22-9-7-19(15-24(22)34)28-37-38(20-5-3-1-2-4-6-20)29(42-28)31-13-11-30(12-14-31,17-26(31)39)36-27(40)18-41-21-8-10-23(33)25(35)16-21/h7-10,15-16,20,26,28-29,37,39H,1-6,11-14,17-18H2,(H,36,40)/t26-,28?,29?,30?,31?/m1/s1. The zero-order valence-corrected chi connectivity index (χ0v) is 24.9. The Morgan fingerprint density at radius 2 is 1.69 bits per heavy atom. The molecule has 7 rings (SSSR count). The van der Waals surface area contributed by atoms with E-state index in [1.54, 1.807) is 12.1 Å². The van der Waals surface area contributed by atoms with Crippen molar-refractivity contribution in [2.45, 2.75) is 101 Å². The summed E-state index contributed by atoms with van der Waals surface area (Å²) in [5, 5.41) is 17.1. The molecule has 2 bridgehead atoms. The molecule has 7 nitrogen and oxygen atoms in total. The summed E-state index contributed by atoms with van der Waals surface area (Å²) in [5.74, 6) is -1.22. The van der Waals surface area contributed by atoms with Crippen molar-refractivity contribution in [2.75, 3.05) is 6.61 Å². The van der Waals surface area contributed by atoms with E-state index in [-0.39, 0.29) is 34.4 Å². The Morgan fingerprint density at radius 3 is 2.33 bits per heavy atom. The number of nitrogens with one attached hydrogen (secondary N) is 2. The fraction of sp³-hybridized carbons (Fsp3) is 0.581. The number of hydrogen-bond donors (Lipinski definition) is 3. The Bertz CT molecular complexity index is 1300.